The van der Waals surface area contributed by atoms with E-state index in [1.807, 2.05) is 11.0 Å². The summed E-state index contributed by atoms with van der Waals surface area (Å²) in [4.78, 5) is 33.3. The van der Waals surface area contributed by atoms with E-state index in [-0.39, 0.29) is 17.4 Å². The summed E-state index contributed by atoms with van der Waals surface area (Å²) in [7, 11) is -1.71. The Morgan fingerprint density at radius 1 is 1.08 bits per heavy atom. The maximum absolute atomic E-state index is 14.8. The van der Waals surface area contributed by atoms with Crippen LogP contribution in [0.3, 0.4) is 0 Å². The third kappa shape index (κ3) is 4.97. The first-order valence-corrected chi connectivity index (χ1v) is 11.9. The molecule has 10 nitrogen and oxygen atoms in total. The molecule has 2 aromatic carbocycles. The number of fused-ring (bicyclic) bond motifs is 1. The van der Waals surface area contributed by atoms with Gasteiger partial charge in [-0.15, -0.1) is 0 Å². The molecule has 2 aromatic heterocycles. The molecule has 3 N–H and O–H groups in total. The summed E-state index contributed by atoms with van der Waals surface area (Å²) in [5.74, 6) is -0.358. The number of piperazine rings is 1. The maximum atomic E-state index is 14.8. The second kappa shape index (κ2) is 10.4. The van der Waals surface area contributed by atoms with Crippen LogP contribution in [0.2, 0.25) is 0 Å². The van der Waals surface area contributed by atoms with Crippen LogP contribution < -0.4 is 15.9 Å². The largest absolute Gasteiger partial charge is 0.488 e. The first-order valence-electron chi connectivity index (χ1n) is 11.9. The van der Waals surface area contributed by atoms with Crippen molar-refractivity contribution in [3.8, 4) is 6.07 Å². The van der Waals surface area contributed by atoms with Crippen molar-refractivity contribution in [1.82, 2.24) is 20.1 Å². The molecule has 190 valence electrons. The van der Waals surface area contributed by atoms with Crippen molar-refractivity contribution in [1.29, 1.82) is 5.26 Å². The van der Waals surface area contributed by atoms with Crippen LogP contribution in [0.25, 0.3) is 10.8 Å². The Labute approximate surface area is 216 Å². The summed E-state index contributed by atoms with van der Waals surface area (Å²) >= 11 is 0. The summed E-state index contributed by atoms with van der Waals surface area (Å²) in [6.07, 6.45) is 1.68. The predicted molar refractivity (Wildman–Crippen MR) is 138 cm³/mol. The fourth-order valence-electron chi connectivity index (χ4n) is 4.52. The van der Waals surface area contributed by atoms with Gasteiger partial charge in [-0.2, -0.15) is 10.4 Å². The number of hydrogen-bond acceptors (Lipinski definition) is 8. The van der Waals surface area contributed by atoms with Gasteiger partial charge in [0.1, 0.15) is 17.7 Å². The molecule has 5 rings (SSSR count). The molecule has 1 saturated heterocycles. The van der Waals surface area contributed by atoms with Crippen molar-refractivity contribution in [3.63, 3.8) is 0 Å². The zero-order valence-electron chi connectivity index (χ0n) is 20.1. The quantitative estimate of drug-likeness (QED) is 0.329. The van der Waals surface area contributed by atoms with E-state index in [0.29, 0.717) is 59.6 Å². The average Bonchev–Trinajstić information content (AvgIpc) is 2.95. The predicted octanol–water partition coefficient (Wildman–Crippen LogP) is 0.562. The number of aromatic amines is 1. The van der Waals surface area contributed by atoms with Crippen LogP contribution in [0.15, 0.2) is 59.5 Å². The Hall–Kier alpha value is -4.60. The van der Waals surface area contributed by atoms with E-state index in [1.165, 1.54) is 36.5 Å². The van der Waals surface area contributed by atoms with Gasteiger partial charge in [0.2, 0.25) is 0 Å². The number of benzene rings is 2. The first-order chi connectivity index (χ1) is 18.3. The van der Waals surface area contributed by atoms with Gasteiger partial charge in [0.05, 0.1) is 22.2 Å². The molecule has 12 heteroatoms. The minimum Gasteiger partial charge on any atom is -0.423 e. The number of H-pyrrole nitrogens is 1. The van der Waals surface area contributed by atoms with Gasteiger partial charge in [-0.05, 0) is 41.4 Å². The van der Waals surface area contributed by atoms with E-state index >= 15 is 0 Å². The van der Waals surface area contributed by atoms with Gasteiger partial charge in [-0.3, -0.25) is 9.59 Å². The third-order valence-corrected chi connectivity index (χ3v) is 6.59. The standard InChI is InChI=1S/C26H22BFN6O4/c28-22-5-1-16(12-23-20-13-18(27(37)38)3-4-19(20)25(35)32-31-23)11-21(22)26(36)34-9-7-33(8-10-34)24-6-2-17(14-29)15-30-24/h1-6,11,13,15,37-38H,7-10,12H2,(H,32,35). The number of carbonyl (C=O) groups excluding carboxylic acids is 1. The number of pyridine rings is 1. The van der Waals surface area contributed by atoms with Crippen molar-refractivity contribution >= 4 is 35.1 Å². The Kier molecular flexibility index (Phi) is 6.87. The summed E-state index contributed by atoms with van der Waals surface area (Å²) in [6.45, 7) is 1.78. The van der Waals surface area contributed by atoms with E-state index in [2.05, 4.69) is 15.2 Å². The van der Waals surface area contributed by atoms with Gasteiger partial charge in [0, 0.05) is 44.2 Å². The molecule has 1 amide bonds. The van der Waals surface area contributed by atoms with Crippen LogP contribution in [0, 0.1) is 17.1 Å². The number of nitrogens with one attached hydrogen (secondary N) is 1. The monoisotopic (exact) mass is 512 g/mol. The number of amides is 1. The zero-order chi connectivity index (χ0) is 26.8. The molecular formula is C26H22BFN6O4. The molecule has 1 fully saturated rings. The van der Waals surface area contributed by atoms with E-state index in [0.717, 1.165) is 0 Å². The summed E-state index contributed by atoms with van der Waals surface area (Å²) in [5.41, 5.74) is 1.23. The van der Waals surface area contributed by atoms with Gasteiger partial charge in [0.15, 0.2) is 0 Å². The minimum atomic E-state index is -1.71. The van der Waals surface area contributed by atoms with Crippen LogP contribution in [0.4, 0.5) is 10.2 Å². The minimum absolute atomic E-state index is 0.0624. The molecular weight excluding hydrogens is 490 g/mol. The summed E-state index contributed by atoms with van der Waals surface area (Å²) in [6, 6.07) is 14.2. The van der Waals surface area contributed by atoms with Gasteiger partial charge >= 0.3 is 7.12 Å². The van der Waals surface area contributed by atoms with E-state index < -0.39 is 24.4 Å². The van der Waals surface area contributed by atoms with Crippen LogP contribution in [0.5, 0.6) is 0 Å². The lowest BCUT2D eigenvalue weighted by atomic mass is 9.79. The van der Waals surface area contributed by atoms with Gasteiger partial charge in [-0.1, -0.05) is 18.2 Å². The number of nitriles is 1. The molecule has 0 saturated carbocycles. The zero-order valence-corrected chi connectivity index (χ0v) is 20.1. The van der Waals surface area contributed by atoms with Crippen molar-refractivity contribution in [2.75, 3.05) is 31.1 Å². The highest BCUT2D eigenvalue weighted by Crippen LogP contribution is 2.21. The second-order valence-electron chi connectivity index (χ2n) is 8.97. The van der Waals surface area contributed by atoms with Crippen LogP contribution in [-0.2, 0) is 6.42 Å². The molecule has 0 spiro atoms. The van der Waals surface area contributed by atoms with Crippen molar-refractivity contribution in [2.24, 2.45) is 0 Å². The molecule has 0 bridgehead atoms. The summed E-state index contributed by atoms with van der Waals surface area (Å²) < 4.78 is 14.8. The lowest BCUT2D eigenvalue weighted by molar-refractivity contribution is 0.0741. The number of halogens is 1. The van der Waals surface area contributed by atoms with Gasteiger partial charge in [-0.25, -0.2) is 14.5 Å². The second-order valence-corrected chi connectivity index (χ2v) is 8.97. The average molecular weight is 512 g/mol. The highest BCUT2D eigenvalue weighted by atomic mass is 19.1. The fourth-order valence-corrected chi connectivity index (χ4v) is 4.52. The molecule has 3 heterocycles. The number of anilines is 1. The van der Waals surface area contributed by atoms with Crippen molar-refractivity contribution in [3.05, 3.63) is 93.3 Å². The van der Waals surface area contributed by atoms with Crippen LogP contribution in [-0.4, -0.2) is 69.3 Å². The number of carbonyl (C=O) groups is 1. The van der Waals surface area contributed by atoms with Gasteiger partial charge < -0.3 is 19.8 Å². The molecule has 0 radical (unpaired) electrons. The highest BCUT2D eigenvalue weighted by molar-refractivity contribution is 6.58. The lowest BCUT2D eigenvalue weighted by Crippen LogP contribution is -2.49. The number of nitrogens with zero attached hydrogens (tertiary/aromatic N) is 5. The van der Waals surface area contributed by atoms with E-state index in [1.54, 1.807) is 23.1 Å². The normalized spacial score (nSPS) is 13.4. The molecule has 4 aromatic rings. The number of rotatable bonds is 5. The summed E-state index contributed by atoms with van der Waals surface area (Å²) in [5, 5.41) is 35.3. The Bertz CT molecular complexity index is 1610. The smallest absolute Gasteiger partial charge is 0.423 e. The topological polar surface area (TPSA) is 146 Å². The van der Waals surface area contributed by atoms with Crippen LogP contribution in [0.1, 0.15) is 27.2 Å². The molecule has 1 aliphatic rings. The molecule has 1 aliphatic heterocycles. The molecule has 38 heavy (non-hydrogen) atoms. The third-order valence-electron chi connectivity index (χ3n) is 6.59. The SMILES string of the molecule is N#Cc1ccc(N2CCN(C(=O)c3cc(Cc4n[nH]c(=O)c5ccc(B(O)O)cc45)ccc3F)CC2)nc1. The Balaban J connectivity index is 1.35. The van der Waals surface area contributed by atoms with E-state index in [4.69, 9.17) is 5.26 Å². The van der Waals surface area contributed by atoms with Crippen LogP contribution >= 0.6 is 0 Å². The maximum Gasteiger partial charge on any atom is 0.488 e. The molecule has 0 atom stereocenters. The van der Waals surface area contributed by atoms with Gasteiger partial charge in [0.25, 0.3) is 11.5 Å². The first kappa shape index (κ1) is 25.1. The number of aromatic nitrogens is 3. The van der Waals surface area contributed by atoms with E-state index in [9.17, 15) is 24.0 Å². The Morgan fingerprint density at radius 3 is 2.55 bits per heavy atom. The molecule has 0 aliphatic carbocycles. The van der Waals surface area contributed by atoms with Crippen molar-refractivity contribution < 1.29 is 19.2 Å². The Morgan fingerprint density at radius 2 is 1.87 bits per heavy atom. The highest BCUT2D eigenvalue weighted by Gasteiger charge is 2.25. The lowest BCUT2D eigenvalue weighted by Gasteiger charge is -2.35. The molecule has 0 unspecified atom stereocenters. The fraction of sp³-hybridized carbons (Fsp3) is 0.192. The van der Waals surface area contributed by atoms with Crippen molar-refractivity contribution in [2.45, 2.75) is 6.42 Å². The number of hydrogen-bond donors (Lipinski definition) is 3.